The van der Waals surface area contributed by atoms with Gasteiger partial charge in [0.1, 0.15) is 5.75 Å². The zero-order chi connectivity index (χ0) is 19.5. The highest BCUT2D eigenvalue weighted by molar-refractivity contribution is 8.18. The van der Waals surface area contributed by atoms with E-state index in [1.54, 1.807) is 6.08 Å². The van der Waals surface area contributed by atoms with Crippen LogP contribution in [0.1, 0.15) is 18.1 Å². The summed E-state index contributed by atoms with van der Waals surface area (Å²) in [7, 11) is 0. The third-order valence-corrected chi connectivity index (χ3v) is 5.40. The van der Waals surface area contributed by atoms with E-state index in [0.29, 0.717) is 11.5 Å². The molecule has 1 aliphatic heterocycles. The van der Waals surface area contributed by atoms with Crippen LogP contribution < -0.4 is 4.74 Å². The summed E-state index contributed by atoms with van der Waals surface area (Å²) in [5.74, 6) is 0.483. The summed E-state index contributed by atoms with van der Waals surface area (Å²) >= 11 is 0.976. The second-order valence-electron chi connectivity index (χ2n) is 6.45. The minimum absolute atomic E-state index is 0.245. The Morgan fingerprint density at radius 2 is 1.79 bits per heavy atom. The van der Waals surface area contributed by atoms with Crippen molar-refractivity contribution in [2.45, 2.75) is 13.5 Å². The van der Waals surface area contributed by atoms with Crippen LogP contribution in [0.2, 0.25) is 0 Å². The van der Waals surface area contributed by atoms with Crippen LogP contribution in [-0.2, 0) is 11.3 Å². The molecule has 0 bridgehead atoms. The van der Waals surface area contributed by atoms with Gasteiger partial charge in [-0.1, -0.05) is 48.5 Å². The van der Waals surface area contributed by atoms with Crippen molar-refractivity contribution in [2.75, 3.05) is 6.61 Å². The molecule has 0 spiro atoms. The molecule has 0 unspecified atom stereocenters. The lowest BCUT2D eigenvalue weighted by Crippen LogP contribution is -2.27. The molecule has 3 aromatic rings. The first kappa shape index (κ1) is 18.3. The van der Waals surface area contributed by atoms with Gasteiger partial charge in [0.25, 0.3) is 11.1 Å². The van der Waals surface area contributed by atoms with Gasteiger partial charge in [0.15, 0.2) is 0 Å². The number of rotatable bonds is 5. The molecule has 0 aliphatic carbocycles. The first-order valence-electron chi connectivity index (χ1n) is 9.10. The Hall–Kier alpha value is -3.05. The molecule has 28 heavy (non-hydrogen) atoms. The van der Waals surface area contributed by atoms with Crippen LogP contribution in [0.4, 0.5) is 4.79 Å². The smallest absolute Gasteiger partial charge is 0.293 e. The molecular weight excluding hydrogens is 370 g/mol. The van der Waals surface area contributed by atoms with Gasteiger partial charge < -0.3 is 4.74 Å². The Balaban J connectivity index is 1.55. The number of thioether (sulfide) groups is 1. The van der Waals surface area contributed by atoms with E-state index < -0.39 is 0 Å². The summed E-state index contributed by atoms with van der Waals surface area (Å²) in [5.41, 5.74) is 1.77. The lowest BCUT2D eigenvalue weighted by Gasteiger charge is -2.13. The number of amides is 2. The molecule has 0 radical (unpaired) electrons. The van der Waals surface area contributed by atoms with Crippen LogP contribution in [-0.4, -0.2) is 22.7 Å². The number of hydrogen-bond acceptors (Lipinski definition) is 4. The summed E-state index contributed by atoms with van der Waals surface area (Å²) in [6.07, 6.45) is 1.74. The molecule has 0 N–H and O–H groups in total. The van der Waals surface area contributed by atoms with Gasteiger partial charge >= 0.3 is 0 Å². The van der Waals surface area contributed by atoms with Crippen molar-refractivity contribution >= 4 is 39.8 Å². The van der Waals surface area contributed by atoms with Gasteiger partial charge in [-0.2, -0.15) is 0 Å². The zero-order valence-corrected chi connectivity index (χ0v) is 16.2. The average Bonchev–Trinajstić information content (AvgIpc) is 2.96. The number of carbonyl (C=O) groups excluding carboxylic acids is 2. The summed E-state index contributed by atoms with van der Waals surface area (Å²) in [6, 6.07) is 21.5. The number of carbonyl (C=O) groups is 2. The fourth-order valence-electron chi connectivity index (χ4n) is 3.17. The summed E-state index contributed by atoms with van der Waals surface area (Å²) < 4.78 is 5.50. The van der Waals surface area contributed by atoms with Crippen LogP contribution in [0.25, 0.3) is 16.8 Å². The molecule has 0 atom stereocenters. The maximum absolute atomic E-state index is 12.8. The monoisotopic (exact) mass is 389 g/mol. The highest BCUT2D eigenvalue weighted by Gasteiger charge is 2.35. The number of imide groups is 1. The minimum Gasteiger partial charge on any atom is -0.494 e. The highest BCUT2D eigenvalue weighted by Crippen LogP contribution is 2.34. The fraction of sp³-hybridized carbons (Fsp3) is 0.130. The van der Waals surface area contributed by atoms with Crippen LogP contribution in [0.3, 0.4) is 0 Å². The van der Waals surface area contributed by atoms with Crippen LogP contribution in [0, 0.1) is 0 Å². The van der Waals surface area contributed by atoms with E-state index in [0.717, 1.165) is 39.4 Å². The number of hydrogen-bond donors (Lipinski definition) is 0. The molecule has 4 rings (SSSR count). The number of ether oxygens (including phenoxy) is 1. The molecule has 1 fully saturated rings. The van der Waals surface area contributed by atoms with Gasteiger partial charge in [-0.3, -0.25) is 14.5 Å². The fourth-order valence-corrected chi connectivity index (χ4v) is 4.01. The predicted octanol–water partition coefficient (Wildman–Crippen LogP) is 5.48. The summed E-state index contributed by atoms with van der Waals surface area (Å²) in [6.45, 7) is 2.77. The molecular formula is C23H19NO3S. The second-order valence-corrected chi connectivity index (χ2v) is 7.45. The van der Waals surface area contributed by atoms with E-state index in [2.05, 4.69) is 0 Å². The largest absolute Gasteiger partial charge is 0.494 e. The van der Waals surface area contributed by atoms with Crippen molar-refractivity contribution < 1.29 is 14.3 Å². The third kappa shape index (κ3) is 3.80. The van der Waals surface area contributed by atoms with E-state index in [4.69, 9.17) is 4.74 Å². The van der Waals surface area contributed by atoms with Crippen LogP contribution >= 0.6 is 11.8 Å². The third-order valence-electron chi connectivity index (χ3n) is 4.50. The predicted molar refractivity (Wildman–Crippen MR) is 113 cm³/mol. The van der Waals surface area contributed by atoms with Crippen molar-refractivity contribution in [3.05, 3.63) is 82.8 Å². The van der Waals surface area contributed by atoms with E-state index in [9.17, 15) is 9.59 Å². The molecule has 2 amide bonds. The molecule has 4 nitrogen and oxygen atoms in total. The van der Waals surface area contributed by atoms with Gasteiger partial charge in [-0.05, 0) is 64.9 Å². The Bertz CT molecular complexity index is 1090. The molecule has 0 aromatic heterocycles. The molecule has 0 saturated carbocycles. The SMILES string of the molecule is CCOc1cccc(/C=C2\SC(=O)N(Cc3ccc4ccccc4c3)C2=O)c1. The Labute approximate surface area is 167 Å². The van der Waals surface area contributed by atoms with E-state index in [1.165, 1.54) is 4.90 Å². The van der Waals surface area contributed by atoms with Gasteiger partial charge in [-0.15, -0.1) is 0 Å². The number of fused-ring (bicyclic) bond motifs is 1. The van der Waals surface area contributed by atoms with E-state index in [1.807, 2.05) is 73.7 Å². The van der Waals surface area contributed by atoms with Crippen LogP contribution in [0.5, 0.6) is 5.75 Å². The van der Waals surface area contributed by atoms with Gasteiger partial charge in [-0.25, -0.2) is 0 Å². The normalized spacial score (nSPS) is 15.6. The summed E-state index contributed by atoms with van der Waals surface area (Å²) in [5, 5.41) is 1.98. The molecule has 1 saturated heterocycles. The highest BCUT2D eigenvalue weighted by atomic mass is 32.2. The van der Waals surface area contributed by atoms with Gasteiger partial charge in [0.2, 0.25) is 0 Å². The van der Waals surface area contributed by atoms with Crippen molar-refractivity contribution in [2.24, 2.45) is 0 Å². The Morgan fingerprint density at radius 1 is 0.964 bits per heavy atom. The van der Waals surface area contributed by atoms with Crippen molar-refractivity contribution in [3.8, 4) is 5.75 Å². The van der Waals surface area contributed by atoms with Crippen molar-refractivity contribution in [1.82, 2.24) is 4.90 Å². The maximum Gasteiger partial charge on any atom is 0.293 e. The average molecular weight is 389 g/mol. The van der Waals surface area contributed by atoms with Gasteiger partial charge in [0, 0.05) is 0 Å². The second kappa shape index (κ2) is 7.90. The van der Waals surface area contributed by atoms with Crippen LogP contribution in [0.15, 0.2) is 71.6 Å². The topological polar surface area (TPSA) is 46.6 Å². The minimum atomic E-state index is -0.259. The van der Waals surface area contributed by atoms with E-state index in [-0.39, 0.29) is 17.7 Å². The summed E-state index contributed by atoms with van der Waals surface area (Å²) in [4.78, 5) is 26.9. The lowest BCUT2D eigenvalue weighted by molar-refractivity contribution is -0.123. The molecule has 140 valence electrons. The first-order valence-corrected chi connectivity index (χ1v) is 9.91. The molecule has 3 aromatic carbocycles. The number of benzene rings is 3. The first-order chi connectivity index (χ1) is 13.6. The molecule has 5 heteroatoms. The zero-order valence-electron chi connectivity index (χ0n) is 15.4. The van der Waals surface area contributed by atoms with Gasteiger partial charge in [0.05, 0.1) is 18.1 Å². The molecule has 1 aliphatic rings. The molecule has 1 heterocycles. The standard InChI is InChI=1S/C23H19NO3S/c1-2-27-20-9-5-6-16(13-20)14-21-22(25)24(23(26)28-21)15-17-10-11-18-7-3-4-8-19(18)12-17/h3-14H,2,15H2,1H3/b21-14-. The number of nitrogens with zero attached hydrogens (tertiary/aromatic N) is 1. The van der Waals surface area contributed by atoms with E-state index >= 15 is 0 Å². The van der Waals surface area contributed by atoms with Crippen molar-refractivity contribution in [3.63, 3.8) is 0 Å². The Morgan fingerprint density at radius 3 is 2.61 bits per heavy atom. The lowest BCUT2D eigenvalue weighted by atomic mass is 10.1. The maximum atomic E-state index is 12.8. The van der Waals surface area contributed by atoms with Crippen molar-refractivity contribution in [1.29, 1.82) is 0 Å². The quantitative estimate of drug-likeness (QED) is 0.543. The Kier molecular flexibility index (Phi) is 5.17.